The summed E-state index contributed by atoms with van der Waals surface area (Å²) in [5.41, 5.74) is 0. The fraction of sp³-hybridized carbons (Fsp3) is 0.600. The van der Waals surface area contributed by atoms with Gasteiger partial charge in [0.05, 0.1) is 19.2 Å². The Labute approximate surface area is 116 Å². The molecule has 1 unspecified atom stereocenters. The number of thioether (sulfide) groups is 1. The normalized spacial score (nSPS) is 13.4. The SMILES string of the molecule is CSCC(C)NS(=O)(=O)c1cnn(CCC(=O)O)c1. The minimum atomic E-state index is -3.59. The number of aromatic nitrogens is 2. The van der Waals surface area contributed by atoms with E-state index in [4.69, 9.17) is 5.11 Å². The van der Waals surface area contributed by atoms with Gasteiger partial charge in [-0.25, -0.2) is 13.1 Å². The van der Waals surface area contributed by atoms with E-state index in [1.807, 2.05) is 6.26 Å². The van der Waals surface area contributed by atoms with E-state index >= 15 is 0 Å². The van der Waals surface area contributed by atoms with Crippen molar-refractivity contribution >= 4 is 27.8 Å². The average molecular weight is 307 g/mol. The van der Waals surface area contributed by atoms with E-state index < -0.39 is 16.0 Å². The van der Waals surface area contributed by atoms with E-state index in [0.717, 1.165) is 0 Å². The largest absolute Gasteiger partial charge is 0.481 e. The lowest BCUT2D eigenvalue weighted by atomic mass is 10.4. The van der Waals surface area contributed by atoms with E-state index in [-0.39, 0.29) is 23.9 Å². The molecule has 108 valence electrons. The summed E-state index contributed by atoms with van der Waals surface area (Å²) in [5.74, 6) is -0.279. The van der Waals surface area contributed by atoms with Crippen molar-refractivity contribution in [2.75, 3.05) is 12.0 Å². The number of aryl methyl sites for hydroxylation is 1. The van der Waals surface area contributed by atoms with Crippen LogP contribution in [0.3, 0.4) is 0 Å². The van der Waals surface area contributed by atoms with Crippen molar-refractivity contribution < 1.29 is 18.3 Å². The molecule has 9 heteroatoms. The van der Waals surface area contributed by atoms with Crippen LogP contribution in [0.2, 0.25) is 0 Å². The predicted octanol–water partition coefficient (Wildman–Crippen LogP) is 0.388. The number of carboxylic acids is 1. The summed E-state index contributed by atoms with van der Waals surface area (Å²) >= 11 is 1.55. The molecule has 2 N–H and O–H groups in total. The van der Waals surface area contributed by atoms with E-state index in [0.29, 0.717) is 5.75 Å². The molecular formula is C10H17N3O4S2. The molecule has 0 saturated heterocycles. The third kappa shape index (κ3) is 5.21. The van der Waals surface area contributed by atoms with Crippen molar-refractivity contribution in [2.24, 2.45) is 0 Å². The lowest BCUT2D eigenvalue weighted by Gasteiger charge is -2.11. The highest BCUT2D eigenvalue weighted by atomic mass is 32.2. The molecule has 0 aliphatic heterocycles. The second-order valence-corrected chi connectivity index (χ2v) is 6.69. The van der Waals surface area contributed by atoms with Gasteiger partial charge in [-0.05, 0) is 13.2 Å². The Hall–Kier alpha value is -1.06. The third-order valence-electron chi connectivity index (χ3n) is 2.25. The van der Waals surface area contributed by atoms with Crippen LogP contribution in [-0.2, 0) is 21.4 Å². The van der Waals surface area contributed by atoms with Crippen molar-refractivity contribution in [3.8, 4) is 0 Å². The zero-order valence-electron chi connectivity index (χ0n) is 10.7. The van der Waals surface area contributed by atoms with Gasteiger partial charge in [0, 0.05) is 18.0 Å². The highest BCUT2D eigenvalue weighted by molar-refractivity contribution is 7.98. The van der Waals surface area contributed by atoms with E-state index in [1.165, 1.54) is 17.1 Å². The van der Waals surface area contributed by atoms with Gasteiger partial charge in [-0.15, -0.1) is 0 Å². The molecule has 0 fully saturated rings. The molecule has 0 saturated carbocycles. The molecule has 1 aromatic rings. The van der Waals surface area contributed by atoms with Crippen molar-refractivity contribution in [1.29, 1.82) is 0 Å². The number of aliphatic carboxylic acids is 1. The molecule has 7 nitrogen and oxygen atoms in total. The standard InChI is InChI=1S/C10H17N3O4S2/c1-8(7-18-2)12-19(16,17)9-5-11-13(6-9)4-3-10(14)15/h5-6,8,12H,3-4,7H2,1-2H3,(H,14,15). The maximum atomic E-state index is 12.0. The van der Waals surface area contributed by atoms with Crippen LogP contribution in [0.4, 0.5) is 0 Å². The summed E-state index contributed by atoms with van der Waals surface area (Å²) < 4.78 is 27.8. The predicted molar refractivity (Wildman–Crippen MR) is 72.6 cm³/mol. The van der Waals surface area contributed by atoms with Crippen LogP contribution in [0.15, 0.2) is 17.3 Å². The number of hydrogen-bond acceptors (Lipinski definition) is 5. The second-order valence-electron chi connectivity index (χ2n) is 4.06. The van der Waals surface area contributed by atoms with Crippen LogP contribution in [0.25, 0.3) is 0 Å². The lowest BCUT2D eigenvalue weighted by Crippen LogP contribution is -2.34. The Morgan fingerprint density at radius 1 is 1.63 bits per heavy atom. The van der Waals surface area contributed by atoms with Crippen molar-refractivity contribution in [2.45, 2.75) is 30.8 Å². The van der Waals surface area contributed by atoms with Crippen LogP contribution in [0, 0.1) is 0 Å². The Balaban J connectivity index is 2.71. The fourth-order valence-electron chi connectivity index (χ4n) is 1.43. The summed E-state index contributed by atoms with van der Waals surface area (Å²) in [5, 5.41) is 12.4. The first-order valence-electron chi connectivity index (χ1n) is 5.60. The Morgan fingerprint density at radius 3 is 2.89 bits per heavy atom. The average Bonchev–Trinajstić information content (AvgIpc) is 2.75. The van der Waals surface area contributed by atoms with Gasteiger partial charge in [-0.3, -0.25) is 9.48 Å². The van der Waals surface area contributed by atoms with E-state index in [9.17, 15) is 13.2 Å². The number of rotatable bonds is 8. The molecule has 0 amide bonds. The molecule has 0 bridgehead atoms. The topological polar surface area (TPSA) is 101 Å². The Morgan fingerprint density at radius 2 is 2.32 bits per heavy atom. The van der Waals surface area contributed by atoms with Gasteiger partial charge >= 0.3 is 5.97 Å². The first-order valence-corrected chi connectivity index (χ1v) is 8.48. The maximum absolute atomic E-state index is 12.0. The summed E-state index contributed by atoms with van der Waals surface area (Å²) in [6.07, 6.45) is 4.35. The molecular weight excluding hydrogens is 290 g/mol. The van der Waals surface area contributed by atoms with Gasteiger partial charge in [0.1, 0.15) is 4.90 Å². The Bertz CT molecular complexity index is 527. The van der Waals surface area contributed by atoms with Gasteiger partial charge in [-0.2, -0.15) is 16.9 Å². The zero-order valence-corrected chi connectivity index (χ0v) is 12.4. The minimum absolute atomic E-state index is 0.0471. The quantitative estimate of drug-likeness (QED) is 0.720. The lowest BCUT2D eigenvalue weighted by molar-refractivity contribution is -0.137. The van der Waals surface area contributed by atoms with Crippen molar-refractivity contribution in [1.82, 2.24) is 14.5 Å². The van der Waals surface area contributed by atoms with Crippen LogP contribution in [-0.4, -0.2) is 47.3 Å². The fourth-order valence-corrected chi connectivity index (χ4v) is 3.32. The number of hydrogen-bond donors (Lipinski definition) is 2. The monoisotopic (exact) mass is 307 g/mol. The number of sulfonamides is 1. The van der Waals surface area contributed by atoms with E-state index in [1.54, 1.807) is 18.7 Å². The summed E-state index contributed by atoms with van der Waals surface area (Å²) in [6.45, 7) is 1.92. The molecule has 0 spiro atoms. The molecule has 0 aromatic carbocycles. The first kappa shape index (κ1) is 16.0. The molecule has 1 heterocycles. The number of nitrogens with zero attached hydrogens (tertiary/aromatic N) is 2. The Kier molecular flexibility index (Phi) is 5.83. The maximum Gasteiger partial charge on any atom is 0.305 e. The first-order chi connectivity index (χ1) is 8.85. The van der Waals surface area contributed by atoms with Crippen LogP contribution >= 0.6 is 11.8 Å². The van der Waals surface area contributed by atoms with Crippen LogP contribution < -0.4 is 4.72 Å². The zero-order chi connectivity index (χ0) is 14.5. The summed E-state index contributed by atoms with van der Waals surface area (Å²) in [7, 11) is -3.59. The molecule has 0 radical (unpaired) electrons. The smallest absolute Gasteiger partial charge is 0.305 e. The highest BCUT2D eigenvalue weighted by Gasteiger charge is 2.19. The van der Waals surface area contributed by atoms with Crippen molar-refractivity contribution in [3.05, 3.63) is 12.4 Å². The number of carboxylic acid groups (broad SMARTS) is 1. The van der Waals surface area contributed by atoms with Gasteiger partial charge in [0.15, 0.2) is 0 Å². The molecule has 1 rings (SSSR count). The minimum Gasteiger partial charge on any atom is -0.481 e. The van der Waals surface area contributed by atoms with Crippen molar-refractivity contribution in [3.63, 3.8) is 0 Å². The molecule has 1 atom stereocenters. The third-order valence-corrected chi connectivity index (χ3v) is 4.63. The molecule has 19 heavy (non-hydrogen) atoms. The van der Waals surface area contributed by atoms with Crippen LogP contribution in [0.1, 0.15) is 13.3 Å². The van der Waals surface area contributed by atoms with Crippen LogP contribution in [0.5, 0.6) is 0 Å². The van der Waals surface area contributed by atoms with Gasteiger partial charge in [-0.1, -0.05) is 0 Å². The second kappa shape index (κ2) is 6.92. The van der Waals surface area contributed by atoms with Gasteiger partial charge < -0.3 is 5.11 Å². The molecule has 0 aliphatic rings. The molecule has 0 aliphatic carbocycles. The summed E-state index contributed by atoms with van der Waals surface area (Å²) in [6, 6.07) is -0.178. The van der Waals surface area contributed by atoms with Gasteiger partial charge in [0.2, 0.25) is 10.0 Å². The van der Waals surface area contributed by atoms with E-state index in [2.05, 4.69) is 9.82 Å². The molecule has 1 aromatic heterocycles. The number of carbonyl (C=O) groups is 1. The number of nitrogens with one attached hydrogen (secondary N) is 1. The van der Waals surface area contributed by atoms with Gasteiger partial charge in [0.25, 0.3) is 0 Å². The summed E-state index contributed by atoms with van der Waals surface area (Å²) in [4.78, 5) is 10.5. The highest BCUT2D eigenvalue weighted by Crippen LogP contribution is 2.09.